The molecule has 0 aliphatic carbocycles. The molecular weight excluding hydrogens is 168 g/mol. The van der Waals surface area contributed by atoms with Gasteiger partial charge in [-0.3, -0.25) is 4.79 Å². The fourth-order valence-electron chi connectivity index (χ4n) is 0.542. The lowest BCUT2D eigenvalue weighted by molar-refractivity contribution is -0.347. The number of amidine groups is 2. The molecule has 3 N–H and O–H groups in total. The Bertz CT molecular complexity index is 269. The van der Waals surface area contributed by atoms with E-state index in [1.54, 1.807) is 0 Å². The van der Waals surface area contributed by atoms with Crippen LogP contribution in [0.2, 0.25) is 0 Å². The third kappa shape index (κ3) is 1.45. The Labute approximate surface area is 65.6 Å². The number of nitrogens with zero attached hydrogens (tertiary/aromatic N) is 3. The van der Waals surface area contributed by atoms with Crippen molar-refractivity contribution in [1.82, 2.24) is 16.4 Å². The van der Waals surface area contributed by atoms with Crippen LogP contribution in [0.25, 0.3) is 0 Å². The number of rotatable bonds is 1. The molecule has 1 amide bonds. The SMILES string of the molecule is O=CNC1=NNNN=C1[N+](=O)[O-]. The van der Waals surface area contributed by atoms with Gasteiger partial charge in [-0.1, -0.05) is 0 Å². The van der Waals surface area contributed by atoms with E-state index >= 15 is 0 Å². The van der Waals surface area contributed by atoms with Gasteiger partial charge in [0.25, 0.3) is 5.84 Å². The second-order valence-electron chi connectivity index (χ2n) is 1.64. The molecule has 1 aliphatic rings. The molecule has 0 spiro atoms. The fourth-order valence-corrected chi connectivity index (χ4v) is 0.542. The number of amides is 1. The molecular formula is C3H4N6O3. The van der Waals surface area contributed by atoms with Gasteiger partial charge in [0.2, 0.25) is 6.41 Å². The number of carbonyl (C=O) groups excluding carboxylic acids is 1. The summed E-state index contributed by atoms with van der Waals surface area (Å²) in [6.07, 6.45) is 0.269. The maximum absolute atomic E-state index is 10.2. The van der Waals surface area contributed by atoms with Crippen LogP contribution in [0.15, 0.2) is 10.2 Å². The van der Waals surface area contributed by atoms with Gasteiger partial charge in [-0.05, 0) is 4.92 Å². The first-order valence-electron chi connectivity index (χ1n) is 2.76. The molecule has 1 heterocycles. The zero-order valence-corrected chi connectivity index (χ0v) is 5.64. The molecule has 1 rings (SSSR count). The van der Waals surface area contributed by atoms with Crippen molar-refractivity contribution in [2.75, 3.05) is 0 Å². The summed E-state index contributed by atoms with van der Waals surface area (Å²) in [4.78, 5) is 19.4. The minimum atomic E-state index is -0.775. The lowest BCUT2D eigenvalue weighted by Gasteiger charge is -2.05. The van der Waals surface area contributed by atoms with Crippen LogP contribution in [-0.2, 0) is 4.79 Å². The van der Waals surface area contributed by atoms with E-state index in [1.807, 2.05) is 5.32 Å². The van der Waals surface area contributed by atoms with Gasteiger partial charge in [-0.15, -0.1) is 10.6 Å². The largest absolute Gasteiger partial charge is 0.434 e. The predicted octanol–water partition coefficient (Wildman–Crippen LogP) is -2.26. The molecule has 0 fully saturated rings. The van der Waals surface area contributed by atoms with Crippen molar-refractivity contribution in [3.05, 3.63) is 10.1 Å². The first kappa shape index (κ1) is 7.91. The van der Waals surface area contributed by atoms with Crippen molar-refractivity contribution < 1.29 is 9.72 Å². The van der Waals surface area contributed by atoms with Crippen LogP contribution >= 0.6 is 0 Å². The Morgan fingerprint density at radius 1 is 1.50 bits per heavy atom. The van der Waals surface area contributed by atoms with Crippen LogP contribution in [-0.4, -0.2) is 23.0 Å². The average molecular weight is 172 g/mol. The van der Waals surface area contributed by atoms with Gasteiger partial charge in [0, 0.05) is 0 Å². The van der Waals surface area contributed by atoms with E-state index in [4.69, 9.17) is 0 Å². The molecule has 0 aromatic rings. The molecule has 0 aromatic heterocycles. The van der Waals surface area contributed by atoms with Gasteiger partial charge in [-0.25, -0.2) is 0 Å². The van der Waals surface area contributed by atoms with Gasteiger partial charge in [0.05, 0.1) is 5.10 Å². The number of hydrazone groups is 2. The van der Waals surface area contributed by atoms with Crippen molar-refractivity contribution >= 4 is 18.1 Å². The van der Waals surface area contributed by atoms with E-state index in [0.717, 1.165) is 0 Å². The normalized spacial score (nSPS) is 14.7. The number of hydrogen-bond acceptors (Lipinski definition) is 7. The lowest BCUT2D eigenvalue weighted by atomic mass is 10.5. The molecule has 9 nitrogen and oxygen atoms in total. The summed E-state index contributed by atoms with van der Waals surface area (Å²) in [5.74, 6) is -0.797. The number of nitrogens with one attached hydrogen (secondary N) is 3. The molecule has 12 heavy (non-hydrogen) atoms. The monoisotopic (exact) mass is 172 g/mol. The maximum atomic E-state index is 10.2. The van der Waals surface area contributed by atoms with Crippen LogP contribution in [0.1, 0.15) is 0 Å². The van der Waals surface area contributed by atoms with Crippen LogP contribution < -0.4 is 16.4 Å². The van der Waals surface area contributed by atoms with Crippen molar-refractivity contribution in [3.63, 3.8) is 0 Å². The van der Waals surface area contributed by atoms with Crippen molar-refractivity contribution in [3.8, 4) is 0 Å². The second kappa shape index (κ2) is 3.27. The summed E-state index contributed by atoms with van der Waals surface area (Å²) >= 11 is 0. The van der Waals surface area contributed by atoms with Gasteiger partial charge >= 0.3 is 5.84 Å². The van der Waals surface area contributed by atoms with Crippen LogP contribution in [0.4, 0.5) is 0 Å². The molecule has 9 heteroatoms. The summed E-state index contributed by atoms with van der Waals surface area (Å²) in [6.45, 7) is 0. The Hall–Kier alpha value is -2.19. The topological polar surface area (TPSA) is 121 Å². The highest BCUT2D eigenvalue weighted by atomic mass is 16.6. The second-order valence-corrected chi connectivity index (χ2v) is 1.64. The first-order chi connectivity index (χ1) is 5.75. The Morgan fingerprint density at radius 2 is 2.17 bits per heavy atom. The standard InChI is InChI=1S/C3H4N6O3/c10-1-4-2-3(9(11)12)6-8-7-5-2/h1,7-8H,(H,4,5,10). The van der Waals surface area contributed by atoms with Gasteiger partial charge in [0.1, 0.15) is 0 Å². The zero-order valence-electron chi connectivity index (χ0n) is 5.64. The van der Waals surface area contributed by atoms with E-state index in [2.05, 4.69) is 21.3 Å². The van der Waals surface area contributed by atoms with E-state index in [9.17, 15) is 14.9 Å². The molecule has 0 atom stereocenters. The van der Waals surface area contributed by atoms with Crippen molar-refractivity contribution in [1.29, 1.82) is 0 Å². The highest BCUT2D eigenvalue weighted by Gasteiger charge is 2.24. The maximum Gasteiger partial charge on any atom is 0.434 e. The van der Waals surface area contributed by atoms with Gasteiger partial charge < -0.3 is 15.4 Å². The summed E-state index contributed by atoms with van der Waals surface area (Å²) in [5.41, 5.74) is 4.19. The van der Waals surface area contributed by atoms with Gasteiger partial charge in [-0.2, -0.15) is 5.53 Å². The number of nitro groups is 1. The molecule has 0 aromatic carbocycles. The quantitative estimate of drug-likeness (QED) is 0.234. The summed E-state index contributed by atoms with van der Waals surface area (Å²) in [7, 11) is 0. The van der Waals surface area contributed by atoms with Gasteiger partial charge in [0.15, 0.2) is 0 Å². The van der Waals surface area contributed by atoms with Crippen LogP contribution in [0.3, 0.4) is 0 Å². The van der Waals surface area contributed by atoms with Crippen LogP contribution in [0, 0.1) is 10.1 Å². The highest BCUT2D eigenvalue weighted by Crippen LogP contribution is 1.85. The Balaban J connectivity index is 2.82. The molecule has 64 valence electrons. The number of carbonyl (C=O) groups is 1. The zero-order chi connectivity index (χ0) is 8.97. The summed E-state index contributed by atoms with van der Waals surface area (Å²) in [6, 6.07) is 0. The molecule has 0 bridgehead atoms. The lowest BCUT2D eigenvalue weighted by Crippen LogP contribution is -2.43. The predicted molar refractivity (Wildman–Crippen MR) is 37.3 cm³/mol. The first-order valence-corrected chi connectivity index (χ1v) is 2.76. The number of hydrogen-bond donors (Lipinski definition) is 3. The van der Waals surface area contributed by atoms with E-state index in [-0.39, 0.29) is 12.2 Å². The summed E-state index contributed by atoms with van der Waals surface area (Å²) < 4.78 is 0. The van der Waals surface area contributed by atoms with Crippen LogP contribution in [0.5, 0.6) is 0 Å². The minimum absolute atomic E-state index is 0.242. The Kier molecular flexibility index (Phi) is 2.16. The third-order valence-electron chi connectivity index (χ3n) is 0.960. The smallest absolute Gasteiger partial charge is 0.358 e. The molecule has 1 aliphatic heterocycles. The number of hydrazine groups is 1. The van der Waals surface area contributed by atoms with E-state index < -0.39 is 10.8 Å². The molecule has 0 saturated heterocycles. The molecule has 0 unspecified atom stereocenters. The highest BCUT2D eigenvalue weighted by molar-refractivity contribution is 6.38. The summed E-state index contributed by atoms with van der Waals surface area (Å²) in [5, 5.41) is 18.8. The molecule has 0 saturated carbocycles. The van der Waals surface area contributed by atoms with Crippen molar-refractivity contribution in [2.24, 2.45) is 10.2 Å². The van der Waals surface area contributed by atoms with E-state index in [1.165, 1.54) is 0 Å². The Morgan fingerprint density at radius 3 is 2.75 bits per heavy atom. The van der Waals surface area contributed by atoms with Crippen molar-refractivity contribution in [2.45, 2.75) is 0 Å². The van der Waals surface area contributed by atoms with E-state index in [0.29, 0.717) is 0 Å². The average Bonchev–Trinajstić information content (AvgIpc) is 2.05. The minimum Gasteiger partial charge on any atom is -0.358 e. The molecule has 0 radical (unpaired) electrons. The third-order valence-corrected chi connectivity index (χ3v) is 0.960. The fraction of sp³-hybridized carbons (Fsp3) is 0.